The Bertz CT molecular complexity index is 2140. The lowest BCUT2D eigenvalue weighted by Crippen LogP contribution is -2.41. The Labute approximate surface area is 279 Å². The number of benzene rings is 2. The lowest BCUT2D eigenvalue weighted by Gasteiger charge is -2.27. The predicted octanol–water partition coefficient (Wildman–Crippen LogP) is 5.69. The second kappa shape index (κ2) is 11.3. The number of aromatic nitrogens is 4. The molecule has 1 aliphatic heterocycles. The van der Waals surface area contributed by atoms with Gasteiger partial charge in [-0.2, -0.15) is 0 Å². The number of piperidine rings is 1. The number of carbonyl (C=O) groups is 2. The fraction of sp³-hybridized carbons (Fsp3) is 0.368. The summed E-state index contributed by atoms with van der Waals surface area (Å²) in [5, 5.41) is 1.03. The van der Waals surface area contributed by atoms with E-state index < -0.39 is 0 Å². The minimum absolute atomic E-state index is 0.0101. The van der Waals surface area contributed by atoms with Crippen LogP contribution in [0.2, 0.25) is 0 Å². The van der Waals surface area contributed by atoms with Gasteiger partial charge >= 0.3 is 0 Å². The first-order valence-electron chi connectivity index (χ1n) is 16.8. The van der Waals surface area contributed by atoms with Gasteiger partial charge in [-0.15, -0.1) is 0 Å². The Morgan fingerprint density at radius 3 is 2.60 bits per heavy atom. The lowest BCUT2D eigenvalue weighted by atomic mass is 10.0. The van der Waals surface area contributed by atoms with E-state index >= 15 is 0 Å². The van der Waals surface area contributed by atoms with Gasteiger partial charge in [-0.3, -0.25) is 9.59 Å². The molecule has 0 radical (unpaired) electrons. The van der Waals surface area contributed by atoms with Crippen LogP contribution in [-0.2, 0) is 18.4 Å². The van der Waals surface area contributed by atoms with E-state index in [1.807, 2.05) is 55.3 Å². The molecule has 10 heteroatoms. The maximum absolute atomic E-state index is 13.8. The summed E-state index contributed by atoms with van der Waals surface area (Å²) in [6.45, 7) is 7.21. The molecule has 4 heterocycles. The summed E-state index contributed by atoms with van der Waals surface area (Å²) in [4.78, 5) is 40.1. The number of anilines is 1. The minimum atomic E-state index is -0.163. The fourth-order valence-corrected chi connectivity index (χ4v) is 7.99. The number of ether oxygens (including phenoxy) is 1. The van der Waals surface area contributed by atoms with Crippen molar-refractivity contribution in [3.8, 4) is 28.5 Å². The van der Waals surface area contributed by atoms with Gasteiger partial charge in [0.15, 0.2) is 5.82 Å². The van der Waals surface area contributed by atoms with Crippen molar-refractivity contribution < 1.29 is 14.3 Å². The molecule has 2 aliphatic carbocycles. The number of fused-ring (bicyclic) bond motifs is 4. The number of amides is 2. The molecule has 2 saturated carbocycles. The summed E-state index contributed by atoms with van der Waals surface area (Å²) < 4.78 is 10.2. The van der Waals surface area contributed by atoms with Crippen molar-refractivity contribution in [1.82, 2.24) is 24.0 Å². The monoisotopic (exact) mass is 643 g/mol. The molecule has 3 fully saturated rings. The highest BCUT2D eigenvalue weighted by atomic mass is 16.5. The number of rotatable bonds is 8. The average molecular weight is 644 g/mol. The van der Waals surface area contributed by atoms with Crippen molar-refractivity contribution in [2.45, 2.75) is 51.2 Å². The van der Waals surface area contributed by atoms with Crippen molar-refractivity contribution in [3.63, 3.8) is 0 Å². The zero-order chi connectivity index (χ0) is 33.4. The second-order valence-electron chi connectivity index (χ2n) is 13.7. The molecule has 10 nitrogen and oxygen atoms in total. The van der Waals surface area contributed by atoms with E-state index in [0.717, 1.165) is 70.0 Å². The Balaban J connectivity index is 1.23. The van der Waals surface area contributed by atoms with Crippen LogP contribution in [-0.4, -0.2) is 68.6 Å². The van der Waals surface area contributed by atoms with Gasteiger partial charge in [0.25, 0.3) is 5.91 Å². The van der Waals surface area contributed by atoms with Crippen LogP contribution >= 0.6 is 0 Å². The smallest absolute Gasteiger partial charge is 0.254 e. The zero-order valence-electron chi connectivity index (χ0n) is 27.9. The molecule has 3 unspecified atom stereocenters. The number of carbonyl (C=O) groups excluding carboxylic acids is 2. The number of hydrogen-bond acceptors (Lipinski definition) is 6. The van der Waals surface area contributed by atoms with Crippen LogP contribution in [0, 0.1) is 18.8 Å². The number of pyridine rings is 1. The first-order chi connectivity index (χ1) is 23.2. The topological polar surface area (TPSA) is 112 Å². The molecule has 2 N–H and O–H groups in total. The van der Waals surface area contributed by atoms with E-state index in [4.69, 9.17) is 20.4 Å². The number of methoxy groups -OCH3 is 1. The highest BCUT2D eigenvalue weighted by Crippen LogP contribution is 2.41. The summed E-state index contributed by atoms with van der Waals surface area (Å²) in [6, 6.07) is 16.2. The van der Waals surface area contributed by atoms with Crippen LogP contribution in [0.3, 0.4) is 0 Å². The van der Waals surface area contributed by atoms with E-state index in [2.05, 4.69) is 27.8 Å². The standard InChI is InChI=1S/C38H41N7O3/c1-6-33(46)42(3)29-9-7-8-26(21(29)2)27-14-12-23-17-31(44(36(23)40-27)19-22-10-11-22)37-41-28-16-25(18-32(48-5)35(28)43(37)4)38(47)45-20-24-13-15-30(45)34(24)39/h6-9,12,14,16-18,22,24,30,34H,1,10-11,13,15,19-20,39H2,2-5H3. The average Bonchev–Trinajstić information content (AvgIpc) is 3.50. The molecule has 3 aromatic heterocycles. The van der Waals surface area contributed by atoms with Gasteiger partial charge in [0.2, 0.25) is 5.91 Å². The zero-order valence-corrected chi connectivity index (χ0v) is 27.9. The fourth-order valence-electron chi connectivity index (χ4n) is 7.99. The van der Waals surface area contributed by atoms with E-state index in [-0.39, 0.29) is 23.9 Å². The van der Waals surface area contributed by atoms with E-state index in [9.17, 15) is 9.59 Å². The Hall–Kier alpha value is -4.96. The summed E-state index contributed by atoms with van der Waals surface area (Å²) in [7, 11) is 5.40. The molecule has 2 amide bonds. The third kappa shape index (κ3) is 4.72. The maximum Gasteiger partial charge on any atom is 0.254 e. The molecular formula is C38H41N7O3. The first-order valence-corrected chi connectivity index (χ1v) is 16.8. The number of hydrogen-bond donors (Lipinski definition) is 1. The van der Waals surface area contributed by atoms with Gasteiger partial charge in [-0.25, -0.2) is 9.97 Å². The highest BCUT2D eigenvalue weighted by Gasteiger charge is 2.47. The summed E-state index contributed by atoms with van der Waals surface area (Å²) in [5.74, 6) is 2.20. The molecule has 8 rings (SSSR count). The van der Waals surface area contributed by atoms with Gasteiger partial charge < -0.3 is 29.4 Å². The molecule has 5 aromatic rings. The third-order valence-electron chi connectivity index (χ3n) is 10.9. The van der Waals surface area contributed by atoms with Crippen molar-refractivity contribution in [2.24, 2.45) is 24.6 Å². The molecule has 246 valence electrons. The number of nitrogens with two attached hydrogens (primary N) is 1. The van der Waals surface area contributed by atoms with Crippen LogP contribution in [0.1, 0.15) is 41.6 Å². The molecule has 2 bridgehead atoms. The Kier molecular flexibility index (Phi) is 7.17. The number of imidazole rings is 1. The number of likely N-dealkylation sites (tertiary alicyclic amines) is 1. The number of likely N-dealkylation sites (N-methyl/N-ethyl adjacent to an activating group) is 1. The van der Waals surface area contributed by atoms with E-state index in [0.29, 0.717) is 35.2 Å². The molecule has 48 heavy (non-hydrogen) atoms. The minimum Gasteiger partial charge on any atom is -0.494 e. The van der Waals surface area contributed by atoms with Gasteiger partial charge in [-0.1, -0.05) is 18.7 Å². The van der Waals surface area contributed by atoms with E-state index in [1.54, 1.807) is 19.1 Å². The molecule has 3 aliphatic rings. The van der Waals surface area contributed by atoms with Gasteiger partial charge in [-0.05, 0) is 92.5 Å². The number of aryl methyl sites for hydroxylation is 1. The largest absolute Gasteiger partial charge is 0.494 e. The van der Waals surface area contributed by atoms with Gasteiger partial charge in [0.1, 0.15) is 16.9 Å². The summed E-state index contributed by atoms with van der Waals surface area (Å²) in [6.07, 6.45) is 5.75. The van der Waals surface area contributed by atoms with Crippen molar-refractivity contribution in [3.05, 3.63) is 72.3 Å². The van der Waals surface area contributed by atoms with Crippen LogP contribution < -0.4 is 15.4 Å². The quantitative estimate of drug-likeness (QED) is 0.218. The van der Waals surface area contributed by atoms with Crippen molar-refractivity contribution in [2.75, 3.05) is 25.6 Å². The SMILES string of the molecule is C=CC(=O)N(C)c1cccc(-c2ccc3cc(-c4nc5cc(C(=O)N6CC7CCC6C7N)cc(OC)c5n4C)n(CC4CC4)c3n2)c1C. The molecule has 2 aromatic carbocycles. The van der Waals surface area contributed by atoms with Gasteiger partial charge in [0.05, 0.1) is 24.0 Å². The second-order valence-corrected chi connectivity index (χ2v) is 13.7. The first kappa shape index (κ1) is 30.4. The van der Waals surface area contributed by atoms with Crippen LogP contribution in [0.25, 0.3) is 44.8 Å². The third-order valence-corrected chi connectivity index (χ3v) is 10.9. The normalized spacial score (nSPS) is 20.2. The van der Waals surface area contributed by atoms with Crippen LogP contribution in [0.4, 0.5) is 5.69 Å². The molecule has 0 spiro atoms. The maximum atomic E-state index is 13.8. The van der Waals surface area contributed by atoms with Crippen LogP contribution in [0.15, 0.2) is 61.2 Å². The van der Waals surface area contributed by atoms with Crippen LogP contribution in [0.5, 0.6) is 5.75 Å². The van der Waals surface area contributed by atoms with Crippen molar-refractivity contribution in [1.29, 1.82) is 0 Å². The predicted molar refractivity (Wildman–Crippen MR) is 188 cm³/mol. The van der Waals surface area contributed by atoms with E-state index in [1.165, 1.54) is 18.9 Å². The Morgan fingerprint density at radius 1 is 1.10 bits per heavy atom. The van der Waals surface area contributed by atoms with Gasteiger partial charge in [0, 0.05) is 61.5 Å². The highest BCUT2D eigenvalue weighted by molar-refractivity contribution is 6.02. The molecule has 1 saturated heterocycles. The summed E-state index contributed by atoms with van der Waals surface area (Å²) in [5.41, 5.74) is 14.0. The van der Waals surface area contributed by atoms with Crippen molar-refractivity contribution >= 4 is 39.6 Å². The lowest BCUT2D eigenvalue weighted by molar-refractivity contribution is -0.113. The molecule has 3 atom stereocenters. The molecular weight excluding hydrogens is 602 g/mol. The Morgan fingerprint density at radius 2 is 1.92 bits per heavy atom. The number of nitrogens with zero attached hydrogens (tertiary/aromatic N) is 6. The summed E-state index contributed by atoms with van der Waals surface area (Å²) >= 11 is 0.